The summed E-state index contributed by atoms with van der Waals surface area (Å²) >= 11 is 8.84. The van der Waals surface area contributed by atoms with E-state index in [1.165, 1.54) is 0 Å². The van der Waals surface area contributed by atoms with E-state index >= 15 is 0 Å². The summed E-state index contributed by atoms with van der Waals surface area (Å²) in [6, 6.07) is 3.87. The lowest BCUT2D eigenvalue weighted by molar-refractivity contribution is 0.310. The molecule has 2 N–H and O–H groups in total. The number of benzene rings is 1. The Morgan fingerprint density at radius 1 is 1.35 bits per heavy atom. The number of H-pyrrole nitrogens is 1. The molecule has 2 aromatic rings. The molecule has 0 radical (unpaired) electrons. The predicted octanol–water partition coefficient (Wildman–Crippen LogP) is 3.81. The maximum absolute atomic E-state index is 5.63. The number of hydrogen-bond acceptors (Lipinski definition) is 5. The number of hydrogen-bond donors (Lipinski definition) is 2. The van der Waals surface area contributed by atoms with Gasteiger partial charge in [0.1, 0.15) is 0 Å². The van der Waals surface area contributed by atoms with Crippen molar-refractivity contribution in [1.29, 1.82) is 0 Å². The molecule has 0 spiro atoms. The van der Waals surface area contributed by atoms with Crippen LogP contribution >= 0.6 is 28.1 Å². The van der Waals surface area contributed by atoms with Gasteiger partial charge in [-0.05, 0) is 43.3 Å². The van der Waals surface area contributed by atoms with E-state index < -0.39 is 0 Å². The third-order valence-electron chi connectivity index (χ3n) is 3.28. The zero-order valence-electron chi connectivity index (χ0n) is 13.5. The van der Waals surface area contributed by atoms with E-state index in [2.05, 4.69) is 38.5 Å². The van der Waals surface area contributed by atoms with Gasteiger partial charge in [-0.25, -0.2) is 4.68 Å². The van der Waals surface area contributed by atoms with Crippen LogP contribution < -0.4 is 14.9 Å². The van der Waals surface area contributed by atoms with Crippen LogP contribution in [0.5, 0.6) is 11.5 Å². The highest BCUT2D eigenvalue weighted by molar-refractivity contribution is 9.10. The third kappa shape index (κ3) is 4.26. The van der Waals surface area contributed by atoms with Gasteiger partial charge in [-0.3, -0.25) is 5.10 Å². The maximum Gasteiger partial charge on any atom is 0.214 e. The standard InChI is InChI=1S/C15H21BrN4O2S/c1-4-6-14-18-19-15(23)20(14)17-9-10-7-13(22-5-2)12(21-3)8-11(10)16/h7-8,17H,4-6,9H2,1-3H3,(H,19,23). The Morgan fingerprint density at radius 2 is 2.13 bits per heavy atom. The normalized spacial score (nSPS) is 10.6. The minimum absolute atomic E-state index is 0.558. The Bertz CT molecular complexity index is 714. The number of aryl methyl sites for hydroxylation is 1. The largest absolute Gasteiger partial charge is 0.493 e. The summed E-state index contributed by atoms with van der Waals surface area (Å²) in [5.41, 5.74) is 4.34. The summed E-state index contributed by atoms with van der Waals surface area (Å²) in [7, 11) is 1.63. The van der Waals surface area contributed by atoms with Crippen LogP contribution in [-0.4, -0.2) is 28.6 Å². The van der Waals surface area contributed by atoms with Crippen molar-refractivity contribution in [3.8, 4) is 11.5 Å². The molecule has 2 rings (SSSR count). The number of nitrogens with one attached hydrogen (secondary N) is 2. The second kappa shape index (κ2) is 8.35. The van der Waals surface area contributed by atoms with Gasteiger partial charge in [0.15, 0.2) is 17.3 Å². The first kappa shape index (κ1) is 17.8. The molecule has 1 aromatic heterocycles. The zero-order valence-corrected chi connectivity index (χ0v) is 15.9. The van der Waals surface area contributed by atoms with Crippen molar-refractivity contribution in [2.24, 2.45) is 0 Å². The van der Waals surface area contributed by atoms with Crippen LogP contribution in [0.2, 0.25) is 0 Å². The van der Waals surface area contributed by atoms with Crippen molar-refractivity contribution in [2.75, 3.05) is 19.1 Å². The minimum atomic E-state index is 0.558. The molecule has 1 aromatic carbocycles. The molecule has 0 saturated carbocycles. The van der Waals surface area contributed by atoms with Gasteiger partial charge < -0.3 is 14.9 Å². The van der Waals surface area contributed by atoms with Crippen LogP contribution in [0.1, 0.15) is 31.7 Å². The second-order valence-corrected chi connectivity index (χ2v) is 6.13. The molecule has 8 heteroatoms. The lowest BCUT2D eigenvalue weighted by Gasteiger charge is -2.15. The predicted molar refractivity (Wildman–Crippen MR) is 96.3 cm³/mol. The van der Waals surface area contributed by atoms with Crippen LogP contribution in [0.15, 0.2) is 16.6 Å². The van der Waals surface area contributed by atoms with Gasteiger partial charge in [-0.1, -0.05) is 22.9 Å². The first-order valence-corrected chi connectivity index (χ1v) is 8.70. The van der Waals surface area contributed by atoms with Gasteiger partial charge in [0, 0.05) is 10.9 Å². The van der Waals surface area contributed by atoms with Gasteiger partial charge in [-0.15, -0.1) is 0 Å². The minimum Gasteiger partial charge on any atom is -0.493 e. The molecule has 0 aliphatic rings. The van der Waals surface area contributed by atoms with E-state index in [9.17, 15) is 0 Å². The number of halogens is 1. The van der Waals surface area contributed by atoms with Crippen molar-refractivity contribution in [3.63, 3.8) is 0 Å². The Morgan fingerprint density at radius 3 is 2.78 bits per heavy atom. The molecular formula is C15H21BrN4O2S. The average Bonchev–Trinajstić information content (AvgIpc) is 2.88. The van der Waals surface area contributed by atoms with Crippen LogP contribution in [0.25, 0.3) is 0 Å². The Balaban J connectivity index is 2.22. The lowest BCUT2D eigenvalue weighted by atomic mass is 10.2. The molecular weight excluding hydrogens is 380 g/mol. The van der Waals surface area contributed by atoms with Crippen LogP contribution in [0, 0.1) is 4.77 Å². The van der Waals surface area contributed by atoms with Gasteiger partial charge in [-0.2, -0.15) is 5.10 Å². The van der Waals surface area contributed by atoms with Crippen molar-refractivity contribution in [3.05, 3.63) is 32.8 Å². The maximum atomic E-state index is 5.63. The highest BCUT2D eigenvalue weighted by Gasteiger charge is 2.11. The van der Waals surface area contributed by atoms with E-state index in [0.717, 1.165) is 34.5 Å². The van der Waals surface area contributed by atoms with E-state index in [4.69, 9.17) is 21.7 Å². The fraction of sp³-hybridized carbons (Fsp3) is 0.467. The number of nitrogens with zero attached hydrogens (tertiary/aromatic N) is 2. The molecule has 0 aliphatic heterocycles. The van der Waals surface area contributed by atoms with Crippen molar-refractivity contribution in [1.82, 2.24) is 14.9 Å². The number of methoxy groups -OCH3 is 1. The van der Waals surface area contributed by atoms with Gasteiger partial charge in [0.05, 0.1) is 20.3 Å². The summed E-state index contributed by atoms with van der Waals surface area (Å²) in [6.45, 7) is 5.21. The van der Waals surface area contributed by atoms with E-state index in [1.807, 2.05) is 23.7 Å². The Labute approximate surface area is 149 Å². The highest BCUT2D eigenvalue weighted by Crippen LogP contribution is 2.33. The molecule has 126 valence electrons. The van der Waals surface area contributed by atoms with E-state index in [-0.39, 0.29) is 0 Å². The summed E-state index contributed by atoms with van der Waals surface area (Å²) in [6.07, 6.45) is 1.86. The highest BCUT2D eigenvalue weighted by atomic mass is 79.9. The molecule has 6 nitrogen and oxygen atoms in total. The SMILES string of the molecule is CCCc1n[nH]c(=S)n1NCc1cc(OCC)c(OC)cc1Br. The zero-order chi connectivity index (χ0) is 16.8. The van der Waals surface area contributed by atoms with E-state index in [1.54, 1.807) is 7.11 Å². The summed E-state index contributed by atoms with van der Waals surface area (Å²) in [5, 5.41) is 7.06. The average molecular weight is 401 g/mol. The Kier molecular flexibility index (Phi) is 6.47. The number of aromatic nitrogens is 3. The van der Waals surface area contributed by atoms with Crippen LogP contribution in [0.4, 0.5) is 0 Å². The molecule has 0 amide bonds. The third-order valence-corrected chi connectivity index (χ3v) is 4.29. The fourth-order valence-corrected chi connectivity index (χ4v) is 2.87. The summed E-state index contributed by atoms with van der Waals surface area (Å²) < 4.78 is 14.3. The topological polar surface area (TPSA) is 64.1 Å². The molecule has 0 saturated heterocycles. The Hall–Kier alpha value is -1.54. The van der Waals surface area contributed by atoms with Crippen LogP contribution in [0.3, 0.4) is 0 Å². The van der Waals surface area contributed by atoms with Crippen LogP contribution in [-0.2, 0) is 13.0 Å². The number of aromatic amines is 1. The van der Waals surface area contributed by atoms with Crippen molar-refractivity contribution in [2.45, 2.75) is 33.2 Å². The van der Waals surface area contributed by atoms with Gasteiger partial charge >= 0.3 is 0 Å². The molecule has 0 aliphatic carbocycles. The molecule has 0 atom stereocenters. The lowest BCUT2D eigenvalue weighted by Crippen LogP contribution is -2.18. The quantitative estimate of drug-likeness (QED) is 0.659. The fourth-order valence-electron chi connectivity index (χ4n) is 2.19. The first-order chi connectivity index (χ1) is 11.1. The molecule has 0 fully saturated rings. The van der Waals surface area contributed by atoms with Gasteiger partial charge in [0.25, 0.3) is 0 Å². The number of ether oxygens (including phenoxy) is 2. The number of rotatable bonds is 8. The smallest absolute Gasteiger partial charge is 0.214 e. The molecule has 0 unspecified atom stereocenters. The molecule has 0 bridgehead atoms. The molecule has 23 heavy (non-hydrogen) atoms. The van der Waals surface area contributed by atoms with E-state index in [0.29, 0.717) is 23.7 Å². The monoisotopic (exact) mass is 400 g/mol. The summed E-state index contributed by atoms with van der Waals surface area (Å²) in [5.74, 6) is 2.32. The second-order valence-electron chi connectivity index (χ2n) is 4.89. The van der Waals surface area contributed by atoms with Crippen molar-refractivity contribution < 1.29 is 9.47 Å². The first-order valence-electron chi connectivity index (χ1n) is 7.50. The molecule has 1 heterocycles. The van der Waals surface area contributed by atoms with Gasteiger partial charge in [0.2, 0.25) is 4.77 Å². The van der Waals surface area contributed by atoms with Crippen molar-refractivity contribution >= 4 is 28.1 Å². The summed E-state index contributed by atoms with van der Waals surface area (Å²) in [4.78, 5) is 0.